The Balaban J connectivity index is 0.000000506. The molecule has 0 bridgehead atoms. The summed E-state index contributed by atoms with van der Waals surface area (Å²) in [7, 11) is 3.22. The zero-order chi connectivity index (χ0) is 18.3. The van der Waals surface area contributed by atoms with Gasteiger partial charge in [0.1, 0.15) is 5.22 Å². The molecule has 1 N–H and O–H groups in total. The second-order valence-electron chi connectivity index (χ2n) is 6.77. The number of rotatable bonds is 11. The van der Waals surface area contributed by atoms with Gasteiger partial charge in [-0.15, -0.1) is 0 Å². The van der Waals surface area contributed by atoms with E-state index in [1.54, 1.807) is 21.3 Å². The molecule has 1 aliphatic heterocycles. The Labute approximate surface area is 152 Å². The van der Waals surface area contributed by atoms with Crippen LogP contribution < -0.4 is 5.32 Å². The summed E-state index contributed by atoms with van der Waals surface area (Å²) in [4.78, 5) is 0. The van der Waals surface area contributed by atoms with Gasteiger partial charge in [-0.25, -0.2) is 0 Å². The first-order valence-electron chi connectivity index (χ1n) is 9.98. The van der Waals surface area contributed by atoms with E-state index in [2.05, 4.69) is 26.1 Å². The maximum atomic E-state index is 5.83. The second-order valence-corrected chi connectivity index (χ2v) is 10.5. The molecule has 1 unspecified atom stereocenters. The van der Waals surface area contributed by atoms with Gasteiger partial charge in [0.25, 0.3) is 0 Å². The van der Waals surface area contributed by atoms with Crippen molar-refractivity contribution in [3.05, 3.63) is 0 Å². The van der Waals surface area contributed by atoms with E-state index in [0.29, 0.717) is 0 Å². The fourth-order valence-electron chi connectivity index (χ4n) is 3.65. The van der Waals surface area contributed by atoms with Gasteiger partial charge in [0.15, 0.2) is 0 Å². The Bertz CT molecular complexity index is 278. The standard InChI is InChI=1S/C11H24O3Si.C8H19N/c1-5-8-11(12-2)9-6-7-10-15(11,13-3)14-4;1-3-5-7-9-8-6-4-2/h5-10H2,1-4H3;9H,3-8H2,1-2H3. The number of hydrogen-bond donors (Lipinski definition) is 1. The van der Waals surface area contributed by atoms with E-state index in [1.807, 2.05) is 0 Å². The highest BCUT2D eigenvalue weighted by Gasteiger charge is 2.58. The molecule has 0 radical (unpaired) electrons. The minimum absolute atomic E-state index is 0.122. The van der Waals surface area contributed by atoms with Gasteiger partial charge < -0.3 is 18.9 Å². The number of nitrogens with one attached hydrogen (secondary N) is 1. The summed E-state index contributed by atoms with van der Waals surface area (Å²) in [5.41, 5.74) is 0. The van der Waals surface area contributed by atoms with Crippen LogP contribution in [0, 0.1) is 0 Å². The lowest BCUT2D eigenvalue weighted by Crippen LogP contribution is -2.64. The van der Waals surface area contributed by atoms with Gasteiger partial charge in [-0.1, -0.05) is 52.9 Å². The Kier molecular flexibility index (Phi) is 14.3. The molecule has 5 heteroatoms. The third-order valence-electron chi connectivity index (χ3n) is 5.15. The van der Waals surface area contributed by atoms with Crippen LogP contribution in [-0.4, -0.2) is 48.2 Å². The topological polar surface area (TPSA) is 39.7 Å². The van der Waals surface area contributed by atoms with Crippen molar-refractivity contribution in [2.24, 2.45) is 0 Å². The summed E-state index contributed by atoms with van der Waals surface area (Å²) in [6, 6.07) is 1.06. The highest BCUT2D eigenvalue weighted by atomic mass is 28.4. The molecule has 146 valence electrons. The Morgan fingerprint density at radius 2 is 1.46 bits per heavy atom. The summed E-state index contributed by atoms with van der Waals surface area (Å²) >= 11 is 0. The quantitative estimate of drug-likeness (QED) is 0.423. The van der Waals surface area contributed by atoms with E-state index in [-0.39, 0.29) is 5.22 Å². The van der Waals surface area contributed by atoms with Crippen LogP contribution in [0.15, 0.2) is 0 Å². The minimum atomic E-state index is -2.15. The van der Waals surface area contributed by atoms with E-state index in [1.165, 1.54) is 51.6 Å². The smallest absolute Gasteiger partial charge is 0.370 e. The first-order chi connectivity index (χ1) is 11.6. The number of ether oxygens (including phenoxy) is 1. The monoisotopic (exact) mass is 361 g/mol. The van der Waals surface area contributed by atoms with Crippen LogP contribution in [0.1, 0.15) is 78.6 Å². The first-order valence-corrected chi connectivity index (χ1v) is 12.0. The Morgan fingerprint density at radius 1 is 0.875 bits per heavy atom. The van der Waals surface area contributed by atoms with Crippen molar-refractivity contribution in [2.75, 3.05) is 34.4 Å². The van der Waals surface area contributed by atoms with Crippen LogP contribution in [0.25, 0.3) is 0 Å². The van der Waals surface area contributed by atoms with Gasteiger partial charge in [0.2, 0.25) is 0 Å². The van der Waals surface area contributed by atoms with Gasteiger partial charge >= 0.3 is 8.56 Å². The van der Waals surface area contributed by atoms with E-state index in [4.69, 9.17) is 13.6 Å². The third-order valence-corrected chi connectivity index (χ3v) is 9.57. The molecule has 1 fully saturated rings. The lowest BCUT2D eigenvalue weighted by molar-refractivity contribution is -0.0149. The molecule has 1 heterocycles. The molecule has 1 rings (SSSR count). The molecule has 24 heavy (non-hydrogen) atoms. The normalized spacial score (nSPS) is 22.8. The predicted molar refractivity (Wildman–Crippen MR) is 106 cm³/mol. The lowest BCUT2D eigenvalue weighted by Gasteiger charge is -2.47. The maximum absolute atomic E-state index is 5.83. The SMILES string of the molecule is CCCC1(OC)CCCC[Si]1(OC)OC.CCCCNCCCC. The molecular formula is C19H43NO3Si. The van der Waals surface area contributed by atoms with Crippen molar-refractivity contribution in [1.82, 2.24) is 5.32 Å². The summed E-state index contributed by atoms with van der Waals surface area (Å²) in [6.45, 7) is 9.05. The van der Waals surface area contributed by atoms with Crippen molar-refractivity contribution in [3.8, 4) is 0 Å². The molecule has 0 spiro atoms. The van der Waals surface area contributed by atoms with Gasteiger partial charge in [-0.2, -0.15) is 0 Å². The minimum Gasteiger partial charge on any atom is -0.396 e. The van der Waals surface area contributed by atoms with Gasteiger partial charge in [-0.05, 0) is 44.8 Å². The van der Waals surface area contributed by atoms with Crippen LogP contribution in [0.4, 0.5) is 0 Å². The summed E-state index contributed by atoms with van der Waals surface area (Å²) in [5, 5.41) is 3.27. The van der Waals surface area contributed by atoms with Gasteiger partial charge in [0, 0.05) is 21.3 Å². The molecule has 0 aromatic heterocycles. The van der Waals surface area contributed by atoms with E-state index in [0.717, 1.165) is 25.3 Å². The van der Waals surface area contributed by atoms with Crippen molar-refractivity contribution in [3.63, 3.8) is 0 Å². The molecule has 1 saturated heterocycles. The predicted octanol–water partition coefficient (Wildman–Crippen LogP) is 4.81. The second kappa shape index (κ2) is 14.2. The van der Waals surface area contributed by atoms with Crippen molar-refractivity contribution in [2.45, 2.75) is 89.8 Å². The van der Waals surface area contributed by atoms with E-state index < -0.39 is 8.56 Å². The highest BCUT2D eigenvalue weighted by molar-refractivity contribution is 6.70. The molecule has 0 aromatic carbocycles. The molecule has 0 aromatic rings. The third kappa shape index (κ3) is 7.12. The molecule has 0 aliphatic carbocycles. The molecule has 0 saturated carbocycles. The van der Waals surface area contributed by atoms with Crippen LogP contribution in [-0.2, 0) is 13.6 Å². The zero-order valence-electron chi connectivity index (χ0n) is 17.2. The summed E-state index contributed by atoms with van der Waals surface area (Å²) in [6.07, 6.45) is 11.0. The first kappa shape index (κ1) is 24.1. The van der Waals surface area contributed by atoms with Gasteiger partial charge in [0.05, 0.1) is 0 Å². The van der Waals surface area contributed by atoms with E-state index in [9.17, 15) is 0 Å². The molecule has 4 nitrogen and oxygen atoms in total. The van der Waals surface area contributed by atoms with Crippen LogP contribution in [0.3, 0.4) is 0 Å². The average Bonchev–Trinajstić information content (AvgIpc) is 2.63. The summed E-state index contributed by atoms with van der Waals surface area (Å²) < 4.78 is 17.4. The van der Waals surface area contributed by atoms with Crippen LogP contribution >= 0.6 is 0 Å². The fraction of sp³-hybridized carbons (Fsp3) is 1.00. The Hall–Kier alpha value is 0.0569. The van der Waals surface area contributed by atoms with Crippen LogP contribution in [0.2, 0.25) is 6.04 Å². The molecule has 1 atom stereocenters. The van der Waals surface area contributed by atoms with Crippen molar-refractivity contribution < 1.29 is 13.6 Å². The van der Waals surface area contributed by atoms with E-state index >= 15 is 0 Å². The van der Waals surface area contributed by atoms with Crippen molar-refractivity contribution in [1.29, 1.82) is 0 Å². The van der Waals surface area contributed by atoms with Crippen LogP contribution in [0.5, 0.6) is 0 Å². The maximum Gasteiger partial charge on any atom is 0.370 e. The Morgan fingerprint density at radius 3 is 1.88 bits per heavy atom. The highest BCUT2D eigenvalue weighted by Crippen LogP contribution is 2.42. The summed E-state index contributed by atoms with van der Waals surface area (Å²) in [5.74, 6) is 0. The fourth-order valence-corrected chi connectivity index (χ4v) is 7.64. The average molecular weight is 362 g/mol. The molecular weight excluding hydrogens is 318 g/mol. The van der Waals surface area contributed by atoms with Gasteiger partial charge in [-0.3, -0.25) is 0 Å². The zero-order valence-corrected chi connectivity index (χ0v) is 18.2. The molecule has 0 amide bonds. The molecule has 1 aliphatic rings. The lowest BCUT2D eigenvalue weighted by atomic mass is 10.1. The number of unbranched alkanes of at least 4 members (excludes halogenated alkanes) is 2. The largest absolute Gasteiger partial charge is 0.396 e. The number of hydrogen-bond acceptors (Lipinski definition) is 4. The van der Waals surface area contributed by atoms with Crippen molar-refractivity contribution >= 4 is 8.56 Å². The number of methoxy groups -OCH3 is 1.